The number of hydrogen-bond donors (Lipinski definition) is 1. The van der Waals surface area contributed by atoms with Crippen molar-refractivity contribution in [3.8, 4) is 6.07 Å². The summed E-state index contributed by atoms with van der Waals surface area (Å²) < 4.78 is 5.36. The van der Waals surface area contributed by atoms with E-state index in [9.17, 15) is 14.9 Å². The zero-order valence-electron chi connectivity index (χ0n) is 15.2. The molecule has 6 heteroatoms. The Morgan fingerprint density at radius 1 is 1.40 bits per heavy atom. The highest BCUT2D eigenvalue weighted by Gasteiger charge is 2.58. The molecule has 0 aromatic carbocycles. The monoisotopic (exact) mass is 345 g/mol. The molecular formula is C19H27N3O3. The number of rotatable bonds is 4. The molecule has 4 atom stereocenters. The molecule has 2 saturated carbocycles. The number of likely N-dealkylation sites (tertiary alicyclic amines) is 1. The molecule has 6 nitrogen and oxygen atoms in total. The third-order valence-corrected chi connectivity index (χ3v) is 5.68. The summed E-state index contributed by atoms with van der Waals surface area (Å²) in [5, 5.41) is 12.2. The van der Waals surface area contributed by atoms with Gasteiger partial charge in [0.15, 0.2) is 0 Å². The molecule has 0 aromatic rings. The van der Waals surface area contributed by atoms with Crippen LogP contribution < -0.4 is 5.32 Å². The quantitative estimate of drug-likeness (QED) is 0.794. The first-order valence-corrected chi connectivity index (χ1v) is 9.06. The fourth-order valence-electron chi connectivity index (χ4n) is 4.11. The van der Waals surface area contributed by atoms with Gasteiger partial charge in [0.05, 0.1) is 6.07 Å². The highest BCUT2D eigenvalue weighted by atomic mass is 16.6. The summed E-state index contributed by atoms with van der Waals surface area (Å²) in [6, 6.07) is 1.29. The second-order valence-electron chi connectivity index (χ2n) is 8.56. The molecular weight excluding hydrogens is 318 g/mol. The summed E-state index contributed by atoms with van der Waals surface area (Å²) >= 11 is 0. The molecule has 1 aliphatic heterocycles. The molecule has 3 rings (SSSR count). The third kappa shape index (κ3) is 3.24. The largest absolute Gasteiger partial charge is 0.444 e. The third-order valence-electron chi connectivity index (χ3n) is 5.68. The predicted molar refractivity (Wildman–Crippen MR) is 92.4 cm³/mol. The second-order valence-corrected chi connectivity index (χ2v) is 8.56. The van der Waals surface area contributed by atoms with Gasteiger partial charge in [-0.15, -0.1) is 6.58 Å². The lowest BCUT2D eigenvalue weighted by Crippen LogP contribution is -2.60. The van der Waals surface area contributed by atoms with Crippen molar-refractivity contribution in [3.05, 3.63) is 12.7 Å². The first-order chi connectivity index (χ1) is 11.7. The van der Waals surface area contributed by atoms with E-state index in [1.165, 1.54) is 0 Å². The maximum atomic E-state index is 13.3. The Hall–Kier alpha value is -2.03. The van der Waals surface area contributed by atoms with Crippen molar-refractivity contribution in [1.82, 2.24) is 10.2 Å². The number of alkyl carbamates (subject to hydrolysis) is 1. The van der Waals surface area contributed by atoms with Gasteiger partial charge >= 0.3 is 6.09 Å². The minimum absolute atomic E-state index is 0.155. The first kappa shape index (κ1) is 17.8. The molecule has 0 aromatic heterocycles. The van der Waals surface area contributed by atoms with Gasteiger partial charge in [0.1, 0.15) is 17.7 Å². The van der Waals surface area contributed by atoms with Gasteiger partial charge in [0.25, 0.3) is 0 Å². The van der Waals surface area contributed by atoms with Crippen molar-refractivity contribution in [1.29, 1.82) is 5.26 Å². The summed E-state index contributed by atoms with van der Waals surface area (Å²) in [5.41, 5.74) is -1.08. The summed E-state index contributed by atoms with van der Waals surface area (Å²) in [5.74, 6) is 0.277. The topological polar surface area (TPSA) is 82.4 Å². The number of nitrogens with one attached hydrogen (secondary N) is 1. The fraction of sp³-hybridized carbons (Fsp3) is 0.737. The van der Waals surface area contributed by atoms with E-state index < -0.39 is 23.2 Å². The standard InChI is InChI=1S/C19H27N3O3/c1-5-19(7-6-8-19)15(21-17(24)25-18(2,3)4)16(23)22-13(11-20)9-12-10-14(12)22/h5,12-15H,1,6-10H2,2-4H3,(H,21,24)/t12-,13?,14?,15?/m1/s1. The van der Waals surface area contributed by atoms with E-state index in [4.69, 9.17) is 4.74 Å². The minimum atomic E-state index is -0.719. The van der Waals surface area contributed by atoms with E-state index in [1.54, 1.807) is 31.7 Å². The van der Waals surface area contributed by atoms with Gasteiger partial charge in [-0.25, -0.2) is 4.79 Å². The van der Waals surface area contributed by atoms with Crippen LogP contribution in [-0.2, 0) is 9.53 Å². The van der Waals surface area contributed by atoms with Gasteiger partial charge in [-0.1, -0.05) is 12.5 Å². The average Bonchev–Trinajstić information content (AvgIpc) is 3.13. The summed E-state index contributed by atoms with van der Waals surface area (Å²) in [7, 11) is 0. The van der Waals surface area contributed by atoms with E-state index in [1.807, 2.05) is 0 Å². The molecule has 0 spiro atoms. The highest BCUT2D eigenvalue weighted by molar-refractivity contribution is 5.88. The van der Waals surface area contributed by atoms with E-state index in [0.29, 0.717) is 5.92 Å². The number of nitrogens with zero attached hydrogens (tertiary/aromatic N) is 2. The lowest BCUT2D eigenvalue weighted by atomic mass is 9.63. The Morgan fingerprint density at radius 2 is 2.08 bits per heavy atom. The van der Waals surface area contributed by atoms with Crippen LogP contribution in [0.4, 0.5) is 4.79 Å². The number of piperidine rings is 1. The molecule has 2 aliphatic carbocycles. The molecule has 25 heavy (non-hydrogen) atoms. The number of ether oxygens (including phenoxy) is 1. The maximum absolute atomic E-state index is 13.3. The zero-order chi connectivity index (χ0) is 18.4. The van der Waals surface area contributed by atoms with E-state index in [-0.39, 0.29) is 18.0 Å². The lowest BCUT2D eigenvalue weighted by molar-refractivity contribution is -0.138. The highest BCUT2D eigenvalue weighted by Crippen LogP contribution is 2.50. The normalized spacial score (nSPS) is 30.3. The van der Waals surface area contributed by atoms with Crippen molar-refractivity contribution in [3.63, 3.8) is 0 Å². The van der Waals surface area contributed by atoms with Crippen LogP contribution in [0.3, 0.4) is 0 Å². The molecule has 1 N–H and O–H groups in total. The number of nitriles is 1. The molecule has 0 radical (unpaired) electrons. The second kappa shape index (κ2) is 6.05. The van der Waals surface area contributed by atoms with Gasteiger partial charge in [0, 0.05) is 11.5 Å². The molecule has 2 amide bonds. The van der Waals surface area contributed by atoms with Gasteiger partial charge in [0.2, 0.25) is 5.91 Å². The number of carbonyl (C=O) groups excluding carboxylic acids is 2. The van der Waals surface area contributed by atoms with Gasteiger partial charge < -0.3 is 15.0 Å². The van der Waals surface area contributed by atoms with Crippen molar-refractivity contribution < 1.29 is 14.3 Å². The molecule has 0 bridgehead atoms. The molecule has 136 valence electrons. The van der Waals surface area contributed by atoms with E-state index in [0.717, 1.165) is 32.1 Å². The van der Waals surface area contributed by atoms with Crippen LogP contribution in [0.2, 0.25) is 0 Å². The predicted octanol–water partition coefficient (Wildman–Crippen LogP) is 2.75. The van der Waals surface area contributed by atoms with Crippen LogP contribution in [0, 0.1) is 22.7 Å². The average molecular weight is 345 g/mol. The van der Waals surface area contributed by atoms with Gasteiger partial charge in [-0.3, -0.25) is 4.79 Å². The minimum Gasteiger partial charge on any atom is -0.444 e. The van der Waals surface area contributed by atoms with Crippen LogP contribution in [0.15, 0.2) is 12.7 Å². The lowest BCUT2D eigenvalue weighted by Gasteiger charge is -2.46. The number of hydrogen-bond acceptors (Lipinski definition) is 4. The van der Waals surface area contributed by atoms with Gasteiger partial charge in [-0.2, -0.15) is 5.26 Å². The number of fused-ring (bicyclic) bond motifs is 1. The maximum Gasteiger partial charge on any atom is 0.408 e. The van der Waals surface area contributed by atoms with Crippen molar-refractivity contribution >= 4 is 12.0 Å². The smallest absolute Gasteiger partial charge is 0.408 e. The number of amides is 2. The molecule has 3 fully saturated rings. The van der Waals surface area contributed by atoms with Crippen LogP contribution in [-0.4, -0.2) is 40.6 Å². The molecule has 1 saturated heterocycles. The first-order valence-electron chi connectivity index (χ1n) is 9.06. The molecule has 3 aliphatic rings. The Bertz CT molecular complexity index is 627. The van der Waals surface area contributed by atoms with E-state index in [2.05, 4.69) is 18.0 Å². The summed E-state index contributed by atoms with van der Waals surface area (Å²) in [6.07, 6.45) is 5.51. The Labute approximate surface area is 149 Å². The number of carbonyl (C=O) groups is 2. The Kier molecular flexibility index (Phi) is 4.30. The SMILES string of the molecule is C=CC1(C(NC(=O)OC(C)(C)C)C(=O)N2C(C#N)C[C@@H]3CC32)CCC1. The van der Waals surface area contributed by atoms with Crippen molar-refractivity contribution in [2.75, 3.05) is 0 Å². The van der Waals surface area contributed by atoms with Crippen LogP contribution in [0.5, 0.6) is 0 Å². The summed E-state index contributed by atoms with van der Waals surface area (Å²) in [6.45, 7) is 9.27. The van der Waals surface area contributed by atoms with Gasteiger partial charge in [-0.05, 0) is 52.4 Å². The molecule has 3 unspecified atom stereocenters. The summed E-state index contributed by atoms with van der Waals surface area (Å²) in [4.78, 5) is 27.3. The van der Waals surface area contributed by atoms with Crippen LogP contribution >= 0.6 is 0 Å². The van der Waals surface area contributed by atoms with Crippen molar-refractivity contribution in [2.45, 2.75) is 76.6 Å². The van der Waals surface area contributed by atoms with E-state index >= 15 is 0 Å². The van der Waals surface area contributed by atoms with Crippen LogP contribution in [0.1, 0.15) is 52.9 Å². The Balaban J connectivity index is 1.81. The Morgan fingerprint density at radius 3 is 2.56 bits per heavy atom. The van der Waals surface area contributed by atoms with Crippen LogP contribution in [0.25, 0.3) is 0 Å². The fourth-order valence-corrected chi connectivity index (χ4v) is 4.11. The zero-order valence-corrected chi connectivity index (χ0v) is 15.2. The van der Waals surface area contributed by atoms with Crippen molar-refractivity contribution in [2.24, 2.45) is 11.3 Å². The molecule has 1 heterocycles.